The highest BCUT2D eigenvalue weighted by Gasteiger charge is 2.54. The van der Waals surface area contributed by atoms with E-state index in [-0.39, 0.29) is 118 Å². The predicted molar refractivity (Wildman–Crippen MR) is 346 cm³/mol. The van der Waals surface area contributed by atoms with E-state index in [2.05, 4.69) is 66.4 Å². The summed E-state index contributed by atoms with van der Waals surface area (Å²) in [5, 5.41) is 32.6. The molecule has 0 unspecified atom stereocenters. The molecule has 2 rings (SSSR count). The van der Waals surface area contributed by atoms with E-state index in [0.717, 1.165) is 32.1 Å². The molecule has 0 aromatic rings. The summed E-state index contributed by atoms with van der Waals surface area (Å²) in [5.41, 5.74) is 23.0. The number of nitrogens with two attached hydrogens (primary N) is 4. The van der Waals surface area contributed by atoms with Gasteiger partial charge < -0.3 is 99.0 Å². The number of nitrogens with zero attached hydrogens (tertiary/aromatic N) is 2. The molecule has 30 heteroatoms. The molecule has 0 bridgehead atoms. The lowest BCUT2D eigenvalue weighted by atomic mass is 9.80. The number of carbonyl (C=O) groups is 9. The number of carboxylic acids is 1. The van der Waals surface area contributed by atoms with Crippen LogP contribution in [0, 0.1) is 29.6 Å². The Morgan fingerprint density at radius 2 is 0.957 bits per heavy atom. The van der Waals surface area contributed by atoms with Crippen LogP contribution in [0.5, 0.6) is 0 Å². The van der Waals surface area contributed by atoms with Crippen LogP contribution in [0.15, 0.2) is 9.98 Å². The maximum Gasteiger partial charge on any atom is 0.407 e. The summed E-state index contributed by atoms with van der Waals surface area (Å²) < 4.78 is 33.6. The lowest BCUT2D eigenvalue weighted by Gasteiger charge is -2.36. The van der Waals surface area contributed by atoms with Gasteiger partial charge in [-0.1, -0.05) is 86.0 Å². The molecule has 0 aromatic carbocycles. The number of ether oxygens (including phenoxy) is 6. The summed E-state index contributed by atoms with van der Waals surface area (Å²) in [6, 6.07) is -3.03. The van der Waals surface area contributed by atoms with Gasteiger partial charge in [-0.15, -0.1) is 0 Å². The average Bonchev–Trinajstić information content (AvgIpc) is 1.64. The topological polar surface area (TPSA) is 454 Å². The van der Waals surface area contributed by atoms with E-state index in [1.807, 2.05) is 20.8 Å². The molecule has 0 heterocycles. The number of hydrogen-bond acceptors (Lipinski definition) is 17. The average molecular weight is 1310 g/mol. The largest absolute Gasteiger partial charge is 0.481 e. The van der Waals surface area contributed by atoms with E-state index >= 15 is 0 Å². The van der Waals surface area contributed by atoms with Crippen molar-refractivity contribution in [2.24, 2.45) is 62.5 Å². The summed E-state index contributed by atoms with van der Waals surface area (Å²) >= 11 is 0. The van der Waals surface area contributed by atoms with E-state index in [1.165, 1.54) is 13.8 Å². The number of carboxylic acid groups (broad SMARTS) is 1. The maximum atomic E-state index is 13.5. The Bertz CT molecular complexity index is 2250. The minimum Gasteiger partial charge on any atom is -0.481 e. The van der Waals surface area contributed by atoms with Crippen molar-refractivity contribution in [1.82, 2.24) is 42.5 Å². The van der Waals surface area contributed by atoms with Gasteiger partial charge in [-0.2, -0.15) is 0 Å². The second-order valence-electron chi connectivity index (χ2n) is 23.5. The molecule has 2 aliphatic rings. The third kappa shape index (κ3) is 33.7. The van der Waals surface area contributed by atoms with Crippen LogP contribution >= 0.6 is 0 Å². The van der Waals surface area contributed by atoms with Gasteiger partial charge in [0.25, 0.3) is 0 Å². The SMILES string of the molecule is CCCOCCOCCOCCOCCC(=O)N[C@H](CCC(=O)NCCCCCCNC(=O)O[C@@H]1CC[C@@H](N=C(N)N)[C@@H]1[C@H](NC(C)=O)C(CC)CC)C(=O)NCC(=O)NCCCCCCNC(=O)O[C@H]1[C@@H]([C@H](NC(C)=O)C(CC)CC)[C@H](N=C(N)N)C[C@@H]1C(=O)O. The summed E-state index contributed by atoms with van der Waals surface area (Å²) in [6.07, 6.45) is 7.05. The van der Waals surface area contributed by atoms with Gasteiger partial charge in [-0.05, 0) is 69.6 Å². The zero-order chi connectivity index (χ0) is 68.2. The van der Waals surface area contributed by atoms with Crippen LogP contribution in [0.1, 0.15) is 170 Å². The molecule has 0 aliphatic heterocycles. The van der Waals surface area contributed by atoms with Gasteiger partial charge in [0.2, 0.25) is 35.4 Å². The Morgan fingerprint density at radius 1 is 0.500 bits per heavy atom. The molecule has 0 radical (unpaired) electrons. The minimum atomic E-state index is -1.18. The lowest BCUT2D eigenvalue weighted by molar-refractivity contribution is -0.145. The number of alkyl carbamates (subject to hydrolysis) is 2. The van der Waals surface area contributed by atoms with Crippen LogP contribution in [0.2, 0.25) is 0 Å². The van der Waals surface area contributed by atoms with E-state index < -0.39 is 78.0 Å². The smallest absolute Gasteiger partial charge is 0.407 e. The van der Waals surface area contributed by atoms with E-state index in [9.17, 15) is 48.3 Å². The monoisotopic (exact) mass is 1310 g/mol. The van der Waals surface area contributed by atoms with Gasteiger partial charge in [-0.25, -0.2) is 19.6 Å². The van der Waals surface area contributed by atoms with Gasteiger partial charge in [0.15, 0.2) is 11.9 Å². The van der Waals surface area contributed by atoms with Crippen molar-refractivity contribution in [3.63, 3.8) is 0 Å². The minimum absolute atomic E-state index is 0.00454. The molecule has 0 aromatic heterocycles. The second-order valence-corrected chi connectivity index (χ2v) is 23.5. The predicted octanol–water partition coefficient (Wildman–Crippen LogP) is 2.07. The van der Waals surface area contributed by atoms with Gasteiger partial charge in [0.05, 0.1) is 70.8 Å². The number of aliphatic carboxylic acids is 1. The Morgan fingerprint density at radius 3 is 1.43 bits per heavy atom. The molecule has 2 fully saturated rings. The first-order valence-electron chi connectivity index (χ1n) is 33.3. The summed E-state index contributed by atoms with van der Waals surface area (Å²) in [6.45, 7) is 16.7. The summed E-state index contributed by atoms with van der Waals surface area (Å²) in [4.78, 5) is 124. The standard InChI is InChI=1S/C62H114N14O16/c1-8-30-87-32-34-89-36-37-90-35-33-88-31-25-50(80)74-46(22-24-49(79)67-26-17-13-15-19-28-69-61(85)91-48-23-21-45(75-59(63)64)52(48)54(72-40(6)77)42(9-2)10-3)57(82)71-39-51(81)68-27-18-14-16-20-29-70-62(86)92-56-44(58(83)84)38-47(76-60(65)66)53(56)55(73-41(7)78)43(11-4)12-5/h42-48,52-56H,8-39H2,1-7H3,(H,67,79)(H,68,81)(H,69,85)(H,70,86)(H,71,82)(H,72,77)(H,73,78)(H,74,80)(H,83,84)(H4,63,64,75)(H4,65,66,76)/t44-,45+,46+,47+,48+,52-,53+,54+,55+,56+/m0/s1. The highest BCUT2D eigenvalue weighted by atomic mass is 16.6. The normalized spacial score (nSPS) is 19.4. The molecule has 2 saturated carbocycles. The Labute approximate surface area is 543 Å². The molecular formula is C62H114N14O16. The van der Waals surface area contributed by atoms with Crippen LogP contribution in [-0.4, -0.2) is 199 Å². The quantitative estimate of drug-likeness (QED) is 0.0235. The zero-order valence-electron chi connectivity index (χ0n) is 55.8. The van der Waals surface area contributed by atoms with Crippen LogP contribution in [0.3, 0.4) is 0 Å². The number of guanidine groups is 2. The highest BCUT2D eigenvalue weighted by molar-refractivity contribution is 5.91. The van der Waals surface area contributed by atoms with Gasteiger partial charge >= 0.3 is 18.2 Å². The van der Waals surface area contributed by atoms with Crippen molar-refractivity contribution >= 4 is 65.5 Å². The van der Waals surface area contributed by atoms with Crippen LogP contribution in [0.25, 0.3) is 0 Å². The summed E-state index contributed by atoms with van der Waals surface area (Å²) in [5.74, 6) is -6.02. The van der Waals surface area contributed by atoms with Crippen molar-refractivity contribution in [2.45, 2.75) is 213 Å². The molecule has 528 valence electrons. The van der Waals surface area contributed by atoms with Gasteiger partial charge in [-0.3, -0.25) is 33.6 Å². The third-order valence-electron chi connectivity index (χ3n) is 16.5. The fourth-order valence-corrected chi connectivity index (χ4v) is 12.0. The van der Waals surface area contributed by atoms with Crippen molar-refractivity contribution in [3.05, 3.63) is 0 Å². The number of nitrogens with one attached hydrogen (secondary N) is 8. The first-order chi connectivity index (χ1) is 44.1. The Balaban J connectivity index is 1.85. The molecule has 92 heavy (non-hydrogen) atoms. The number of rotatable bonds is 50. The lowest BCUT2D eigenvalue weighted by Crippen LogP contribution is -2.52. The number of aliphatic imine (C=N–C) groups is 2. The second kappa shape index (κ2) is 48.0. The zero-order valence-corrected chi connectivity index (χ0v) is 55.8. The highest BCUT2D eigenvalue weighted by Crippen LogP contribution is 2.42. The van der Waals surface area contributed by atoms with Crippen molar-refractivity contribution in [3.8, 4) is 0 Å². The van der Waals surface area contributed by atoms with Gasteiger partial charge in [0.1, 0.15) is 18.2 Å². The molecular weight excluding hydrogens is 1200 g/mol. The number of hydrogen-bond donors (Lipinski definition) is 13. The number of amides is 8. The molecule has 10 atom stereocenters. The molecule has 0 saturated heterocycles. The molecule has 2 aliphatic carbocycles. The van der Waals surface area contributed by atoms with Crippen molar-refractivity contribution in [1.29, 1.82) is 0 Å². The third-order valence-corrected chi connectivity index (χ3v) is 16.5. The van der Waals surface area contributed by atoms with Crippen molar-refractivity contribution in [2.75, 3.05) is 85.6 Å². The fourth-order valence-electron chi connectivity index (χ4n) is 12.0. The summed E-state index contributed by atoms with van der Waals surface area (Å²) in [7, 11) is 0. The van der Waals surface area contributed by atoms with Crippen LogP contribution < -0.4 is 65.5 Å². The molecule has 30 nitrogen and oxygen atoms in total. The van der Waals surface area contributed by atoms with E-state index in [4.69, 9.17) is 51.4 Å². The van der Waals surface area contributed by atoms with Crippen LogP contribution in [-0.2, 0) is 62.0 Å². The maximum absolute atomic E-state index is 13.5. The van der Waals surface area contributed by atoms with E-state index in [1.54, 1.807) is 0 Å². The molecule has 17 N–H and O–H groups in total. The fraction of sp³-hybridized carbons (Fsp3) is 0.823. The Kier molecular flexibility index (Phi) is 42.4. The van der Waals surface area contributed by atoms with E-state index in [0.29, 0.717) is 117 Å². The molecule has 8 amide bonds. The first kappa shape index (κ1) is 81.3. The van der Waals surface area contributed by atoms with Crippen molar-refractivity contribution < 1.29 is 76.7 Å². The number of unbranched alkanes of at least 4 members (excludes halogenated alkanes) is 6. The van der Waals surface area contributed by atoms with Crippen LogP contribution in [0.4, 0.5) is 9.59 Å². The van der Waals surface area contributed by atoms with Gasteiger partial charge in [0, 0.05) is 83.4 Å². The number of carbonyl (C=O) groups excluding carboxylic acids is 8. The Hall–Kier alpha value is -6.79. The molecule has 0 spiro atoms. The first-order valence-corrected chi connectivity index (χ1v) is 33.3.